The average molecular weight is 167 g/mol. The number of hydrogen-bond donors (Lipinski definition) is 2. The molecule has 12 heavy (non-hydrogen) atoms. The van der Waals surface area contributed by atoms with Crippen molar-refractivity contribution < 1.29 is 4.74 Å². The number of morpholine rings is 1. The highest BCUT2D eigenvalue weighted by Gasteiger charge is 2.30. The summed E-state index contributed by atoms with van der Waals surface area (Å²) in [6.45, 7) is 4.63. The second-order valence-electron chi connectivity index (χ2n) is 3.24. The van der Waals surface area contributed by atoms with Crippen LogP contribution in [-0.4, -0.2) is 29.9 Å². The lowest BCUT2D eigenvalue weighted by Crippen LogP contribution is -2.45. The van der Waals surface area contributed by atoms with E-state index < -0.39 is 0 Å². The second kappa shape index (κ2) is 2.88. The highest BCUT2D eigenvalue weighted by molar-refractivity contribution is 5.15. The van der Waals surface area contributed by atoms with Crippen molar-refractivity contribution in [1.82, 2.24) is 15.5 Å². The van der Waals surface area contributed by atoms with Gasteiger partial charge in [0, 0.05) is 24.8 Å². The Kier molecular flexibility index (Phi) is 1.86. The Balaban J connectivity index is 2.19. The van der Waals surface area contributed by atoms with Gasteiger partial charge in [-0.15, -0.1) is 0 Å². The van der Waals surface area contributed by atoms with Gasteiger partial charge in [0.15, 0.2) is 0 Å². The maximum Gasteiger partial charge on any atom is 0.106 e. The molecule has 1 aliphatic heterocycles. The Morgan fingerprint density at radius 2 is 2.58 bits per heavy atom. The van der Waals surface area contributed by atoms with E-state index in [4.69, 9.17) is 4.74 Å². The van der Waals surface area contributed by atoms with Crippen LogP contribution in [0.2, 0.25) is 0 Å². The third-order valence-electron chi connectivity index (χ3n) is 2.27. The van der Waals surface area contributed by atoms with Gasteiger partial charge in [-0.2, -0.15) is 5.10 Å². The largest absolute Gasteiger partial charge is 0.368 e. The van der Waals surface area contributed by atoms with Crippen molar-refractivity contribution in [3.63, 3.8) is 0 Å². The van der Waals surface area contributed by atoms with Crippen molar-refractivity contribution in [2.45, 2.75) is 12.5 Å². The first-order valence-corrected chi connectivity index (χ1v) is 4.15. The highest BCUT2D eigenvalue weighted by atomic mass is 16.5. The summed E-state index contributed by atoms with van der Waals surface area (Å²) in [6, 6.07) is 0. The molecule has 0 saturated carbocycles. The van der Waals surface area contributed by atoms with Crippen molar-refractivity contribution in [1.29, 1.82) is 0 Å². The van der Waals surface area contributed by atoms with Gasteiger partial charge < -0.3 is 10.1 Å². The maximum absolute atomic E-state index is 5.69. The number of aromatic amines is 1. The summed E-state index contributed by atoms with van der Waals surface area (Å²) in [4.78, 5) is 0. The zero-order chi connectivity index (χ0) is 8.44. The van der Waals surface area contributed by atoms with Crippen LogP contribution in [0.4, 0.5) is 0 Å². The first-order chi connectivity index (χ1) is 5.81. The summed E-state index contributed by atoms with van der Waals surface area (Å²) in [6.07, 6.45) is 3.69. The van der Waals surface area contributed by atoms with Crippen LogP contribution in [0.3, 0.4) is 0 Å². The SMILES string of the molecule is CC1(c2cn[nH]c2)CNCCO1. The number of aromatic nitrogens is 2. The van der Waals surface area contributed by atoms with Crippen LogP contribution in [0.1, 0.15) is 12.5 Å². The van der Waals surface area contributed by atoms with Crippen LogP contribution >= 0.6 is 0 Å². The monoisotopic (exact) mass is 167 g/mol. The van der Waals surface area contributed by atoms with Gasteiger partial charge in [-0.1, -0.05) is 0 Å². The van der Waals surface area contributed by atoms with Gasteiger partial charge in [0.1, 0.15) is 5.60 Å². The minimum atomic E-state index is -0.203. The fourth-order valence-corrected chi connectivity index (χ4v) is 1.45. The molecule has 0 bridgehead atoms. The molecule has 2 N–H and O–H groups in total. The molecule has 66 valence electrons. The average Bonchev–Trinajstić information content (AvgIpc) is 2.58. The Hall–Kier alpha value is -0.870. The molecular formula is C8H13N3O. The minimum Gasteiger partial charge on any atom is -0.368 e. The van der Waals surface area contributed by atoms with Crippen LogP contribution in [0, 0.1) is 0 Å². The highest BCUT2D eigenvalue weighted by Crippen LogP contribution is 2.24. The summed E-state index contributed by atoms with van der Waals surface area (Å²) in [5.74, 6) is 0. The van der Waals surface area contributed by atoms with Gasteiger partial charge in [0.25, 0.3) is 0 Å². The van der Waals surface area contributed by atoms with Crippen LogP contribution in [0.25, 0.3) is 0 Å². The molecule has 2 rings (SSSR count). The van der Waals surface area contributed by atoms with Crippen molar-refractivity contribution in [2.75, 3.05) is 19.7 Å². The fraction of sp³-hybridized carbons (Fsp3) is 0.625. The molecule has 0 aromatic carbocycles. The molecule has 1 saturated heterocycles. The standard InChI is InChI=1S/C8H13N3O/c1-8(6-9-2-3-12-8)7-4-10-11-5-7/h4-5,9H,2-3,6H2,1H3,(H,10,11). The molecule has 0 aliphatic carbocycles. The summed E-state index contributed by atoms with van der Waals surface area (Å²) in [7, 11) is 0. The van der Waals surface area contributed by atoms with Gasteiger partial charge >= 0.3 is 0 Å². The van der Waals surface area contributed by atoms with Crippen LogP contribution in [-0.2, 0) is 10.3 Å². The van der Waals surface area contributed by atoms with Crippen LogP contribution in [0.5, 0.6) is 0 Å². The zero-order valence-corrected chi connectivity index (χ0v) is 7.13. The van der Waals surface area contributed by atoms with Gasteiger partial charge in [-0.05, 0) is 6.92 Å². The normalized spacial score (nSPS) is 30.4. The summed E-state index contributed by atoms with van der Waals surface area (Å²) >= 11 is 0. The summed E-state index contributed by atoms with van der Waals surface area (Å²) in [5, 5.41) is 10.0. The van der Waals surface area contributed by atoms with Crippen LogP contribution in [0.15, 0.2) is 12.4 Å². The van der Waals surface area contributed by atoms with Crippen molar-refractivity contribution in [3.05, 3.63) is 18.0 Å². The Morgan fingerprint density at radius 3 is 3.17 bits per heavy atom. The number of nitrogens with one attached hydrogen (secondary N) is 2. The van der Waals surface area contributed by atoms with Crippen molar-refractivity contribution in [3.8, 4) is 0 Å². The van der Waals surface area contributed by atoms with Crippen molar-refractivity contribution >= 4 is 0 Å². The molecule has 1 fully saturated rings. The van der Waals surface area contributed by atoms with Gasteiger partial charge in [-0.25, -0.2) is 0 Å². The smallest absolute Gasteiger partial charge is 0.106 e. The lowest BCUT2D eigenvalue weighted by atomic mass is 9.98. The molecule has 2 heterocycles. The Labute approximate surface area is 71.3 Å². The fourth-order valence-electron chi connectivity index (χ4n) is 1.45. The second-order valence-corrected chi connectivity index (χ2v) is 3.24. The molecule has 1 atom stereocenters. The van der Waals surface area contributed by atoms with Crippen molar-refractivity contribution in [2.24, 2.45) is 0 Å². The molecule has 4 heteroatoms. The molecule has 0 spiro atoms. The third-order valence-corrected chi connectivity index (χ3v) is 2.27. The Morgan fingerprint density at radius 1 is 1.67 bits per heavy atom. The first kappa shape index (κ1) is 7.76. The van der Waals surface area contributed by atoms with E-state index in [1.165, 1.54) is 0 Å². The molecule has 1 aromatic heterocycles. The van der Waals surface area contributed by atoms with E-state index in [-0.39, 0.29) is 5.60 Å². The number of H-pyrrole nitrogens is 1. The zero-order valence-electron chi connectivity index (χ0n) is 7.13. The van der Waals surface area contributed by atoms with E-state index in [0.29, 0.717) is 0 Å². The summed E-state index contributed by atoms with van der Waals surface area (Å²) < 4.78 is 5.69. The topological polar surface area (TPSA) is 49.9 Å². The van der Waals surface area contributed by atoms with E-state index in [1.54, 1.807) is 0 Å². The van der Waals surface area contributed by atoms with E-state index in [1.807, 2.05) is 12.4 Å². The Bertz CT molecular complexity index is 239. The minimum absolute atomic E-state index is 0.203. The summed E-state index contributed by atoms with van der Waals surface area (Å²) in [5.41, 5.74) is 0.903. The third kappa shape index (κ3) is 1.23. The first-order valence-electron chi connectivity index (χ1n) is 4.15. The molecule has 0 amide bonds. The van der Waals surface area contributed by atoms with Crippen LogP contribution < -0.4 is 5.32 Å². The van der Waals surface area contributed by atoms with E-state index in [0.717, 1.165) is 25.3 Å². The molecular weight excluding hydrogens is 154 g/mol. The quantitative estimate of drug-likeness (QED) is 0.630. The molecule has 1 aliphatic rings. The van der Waals surface area contributed by atoms with Gasteiger partial charge in [0.2, 0.25) is 0 Å². The number of hydrogen-bond acceptors (Lipinski definition) is 3. The van der Waals surface area contributed by atoms with E-state index in [2.05, 4.69) is 22.4 Å². The molecule has 4 nitrogen and oxygen atoms in total. The van der Waals surface area contributed by atoms with Gasteiger partial charge in [-0.3, -0.25) is 5.10 Å². The predicted molar refractivity (Wildman–Crippen MR) is 44.8 cm³/mol. The number of rotatable bonds is 1. The maximum atomic E-state index is 5.69. The van der Waals surface area contributed by atoms with E-state index >= 15 is 0 Å². The lowest BCUT2D eigenvalue weighted by Gasteiger charge is -2.33. The van der Waals surface area contributed by atoms with Gasteiger partial charge in [0.05, 0.1) is 12.8 Å². The lowest BCUT2D eigenvalue weighted by molar-refractivity contribution is -0.0572. The number of nitrogens with zero attached hydrogens (tertiary/aromatic N) is 1. The number of ether oxygens (including phenoxy) is 1. The molecule has 1 unspecified atom stereocenters. The molecule has 1 aromatic rings. The predicted octanol–water partition coefficient (Wildman–Crippen LogP) is 0.245. The molecule has 0 radical (unpaired) electrons. The van der Waals surface area contributed by atoms with E-state index in [9.17, 15) is 0 Å².